The first-order valence-corrected chi connectivity index (χ1v) is 5.62. The predicted octanol–water partition coefficient (Wildman–Crippen LogP) is 2.06. The third kappa shape index (κ3) is 3.47. The fourth-order valence-corrected chi connectivity index (χ4v) is 1.77. The van der Waals surface area contributed by atoms with Gasteiger partial charge in [-0.3, -0.25) is 4.79 Å². The van der Waals surface area contributed by atoms with E-state index < -0.39 is 6.04 Å². The van der Waals surface area contributed by atoms with Crippen molar-refractivity contribution in [3.05, 3.63) is 16.8 Å². The minimum atomic E-state index is -0.408. The second-order valence-electron chi connectivity index (χ2n) is 3.74. The standard InChI is InChI=1S/C10H16N2OS/c1-7(2)5-9(11)10(13)12-8-3-4-14-6-8/h3-4,6-7,9H,5,11H2,1-2H3,(H,12,13)/t9-/m1/s1. The van der Waals surface area contributed by atoms with E-state index in [4.69, 9.17) is 5.73 Å². The van der Waals surface area contributed by atoms with Gasteiger partial charge in [-0.15, -0.1) is 0 Å². The summed E-state index contributed by atoms with van der Waals surface area (Å²) in [5.74, 6) is 0.343. The van der Waals surface area contributed by atoms with E-state index in [2.05, 4.69) is 19.2 Å². The number of nitrogens with two attached hydrogens (primary N) is 1. The fourth-order valence-electron chi connectivity index (χ4n) is 1.19. The third-order valence-electron chi connectivity index (χ3n) is 1.85. The number of nitrogens with one attached hydrogen (secondary N) is 1. The minimum absolute atomic E-state index is 0.0999. The smallest absolute Gasteiger partial charge is 0.241 e. The van der Waals surface area contributed by atoms with E-state index in [0.717, 1.165) is 12.1 Å². The van der Waals surface area contributed by atoms with Gasteiger partial charge in [-0.25, -0.2) is 0 Å². The number of rotatable bonds is 4. The lowest BCUT2D eigenvalue weighted by molar-refractivity contribution is -0.117. The summed E-state index contributed by atoms with van der Waals surface area (Å²) in [4.78, 5) is 11.5. The first-order valence-electron chi connectivity index (χ1n) is 4.68. The van der Waals surface area contributed by atoms with Crippen molar-refractivity contribution < 1.29 is 4.79 Å². The molecule has 78 valence electrons. The second-order valence-corrected chi connectivity index (χ2v) is 4.52. The van der Waals surface area contributed by atoms with Crippen LogP contribution in [0.25, 0.3) is 0 Å². The number of anilines is 1. The van der Waals surface area contributed by atoms with Gasteiger partial charge in [-0.2, -0.15) is 11.3 Å². The molecule has 1 aromatic heterocycles. The Bertz CT molecular complexity index is 282. The molecule has 4 heteroatoms. The molecule has 0 unspecified atom stereocenters. The first-order chi connectivity index (χ1) is 6.59. The Morgan fingerprint density at radius 1 is 1.64 bits per heavy atom. The Balaban J connectivity index is 2.42. The van der Waals surface area contributed by atoms with Crippen LogP contribution in [-0.4, -0.2) is 11.9 Å². The lowest BCUT2D eigenvalue weighted by atomic mass is 10.0. The average molecular weight is 212 g/mol. The summed E-state index contributed by atoms with van der Waals surface area (Å²) >= 11 is 1.55. The molecule has 0 radical (unpaired) electrons. The molecule has 0 aromatic carbocycles. The average Bonchev–Trinajstić information content (AvgIpc) is 2.55. The molecule has 1 amide bonds. The number of carbonyl (C=O) groups is 1. The van der Waals surface area contributed by atoms with E-state index in [1.807, 2.05) is 16.8 Å². The molecule has 14 heavy (non-hydrogen) atoms. The van der Waals surface area contributed by atoms with Gasteiger partial charge in [0.1, 0.15) is 0 Å². The highest BCUT2D eigenvalue weighted by Gasteiger charge is 2.14. The summed E-state index contributed by atoms with van der Waals surface area (Å²) in [6, 6.07) is 1.46. The maximum absolute atomic E-state index is 11.5. The Kier molecular flexibility index (Phi) is 4.10. The minimum Gasteiger partial charge on any atom is -0.324 e. The second kappa shape index (κ2) is 5.12. The Morgan fingerprint density at radius 2 is 2.36 bits per heavy atom. The maximum atomic E-state index is 11.5. The largest absolute Gasteiger partial charge is 0.324 e. The van der Waals surface area contributed by atoms with Crippen molar-refractivity contribution in [2.45, 2.75) is 26.3 Å². The van der Waals surface area contributed by atoms with Gasteiger partial charge in [-0.1, -0.05) is 13.8 Å². The van der Waals surface area contributed by atoms with Gasteiger partial charge in [-0.05, 0) is 23.8 Å². The zero-order valence-corrected chi connectivity index (χ0v) is 9.30. The lowest BCUT2D eigenvalue weighted by Gasteiger charge is -2.13. The van der Waals surface area contributed by atoms with Crippen molar-refractivity contribution in [1.82, 2.24) is 0 Å². The quantitative estimate of drug-likeness (QED) is 0.802. The van der Waals surface area contributed by atoms with Crippen LogP contribution in [0.4, 0.5) is 5.69 Å². The molecule has 0 spiro atoms. The van der Waals surface area contributed by atoms with Crippen LogP contribution < -0.4 is 11.1 Å². The number of hydrogen-bond donors (Lipinski definition) is 2. The molecule has 1 atom stereocenters. The van der Waals surface area contributed by atoms with Gasteiger partial charge >= 0.3 is 0 Å². The van der Waals surface area contributed by atoms with E-state index in [9.17, 15) is 4.79 Å². The normalized spacial score (nSPS) is 12.9. The van der Waals surface area contributed by atoms with Gasteiger partial charge in [0, 0.05) is 5.38 Å². The van der Waals surface area contributed by atoms with E-state index in [1.54, 1.807) is 11.3 Å². The molecule has 3 nitrogen and oxygen atoms in total. The van der Waals surface area contributed by atoms with Crippen molar-refractivity contribution in [3.63, 3.8) is 0 Å². The monoisotopic (exact) mass is 212 g/mol. The van der Waals surface area contributed by atoms with Crippen LogP contribution in [0.1, 0.15) is 20.3 Å². The zero-order valence-electron chi connectivity index (χ0n) is 8.49. The molecular formula is C10H16N2OS. The highest BCUT2D eigenvalue weighted by Crippen LogP contribution is 2.12. The predicted molar refractivity (Wildman–Crippen MR) is 60.4 cm³/mol. The van der Waals surface area contributed by atoms with Crippen LogP contribution in [-0.2, 0) is 4.79 Å². The van der Waals surface area contributed by atoms with E-state index >= 15 is 0 Å². The summed E-state index contributed by atoms with van der Waals surface area (Å²) in [5.41, 5.74) is 6.56. The van der Waals surface area contributed by atoms with Gasteiger partial charge in [0.25, 0.3) is 0 Å². The van der Waals surface area contributed by atoms with Gasteiger partial charge < -0.3 is 11.1 Å². The van der Waals surface area contributed by atoms with Crippen LogP contribution in [0.15, 0.2) is 16.8 Å². The molecule has 0 saturated carbocycles. The fraction of sp³-hybridized carbons (Fsp3) is 0.500. The molecule has 0 bridgehead atoms. The molecule has 1 heterocycles. The summed E-state index contributed by atoms with van der Waals surface area (Å²) in [6.07, 6.45) is 0.718. The number of carbonyl (C=O) groups excluding carboxylic acids is 1. The molecule has 0 aliphatic carbocycles. The summed E-state index contributed by atoms with van der Waals surface area (Å²) in [5, 5.41) is 6.58. The van der Waals surface area contributed by atoms with Crippen LogP contribution >= 0.6 is 11.3 Å². The maximum Gasteiger partial charge on any atom is 0.241 e. The number of amides is 1. The topological polar surface area (TPSA) is 55.1 Å². The zero-order chi connectivity index (χ0) is 10.6. The SMILES string of the molecule is CC(C)C[C@@H](N)C(=O)Nc1ccsc1. The highest BCUT2D eigenvalue weighted by molar-refractivity contribution is 7.08. The number of thiophene rings is 1. The van der Waals surface area contributed by atoms with Crippen molar-refractivity contribution in [3.8, 4) is 0 Å². The Hall–Kier alpha value is -0.870. The van der Waals surface area contributed by atoms with Crippen molar-refractivity contribution in [2.75, 3.05) is 5.32 Å². The molecular weight excluding hydrogens is 196 g/mol. The lowest BCUT2D eigenvalue weighted by Crippen LogP contribution is -2.36. The first kappa shape index (κ1) is 11.2. The molecule has 0 saturated heterocycles. The number of hydrogen-bond acceptors (Lipinski definition) is 3. The Labute approximate surface area is 88.3 Å². The summed E-state index contributed by atoms with van der Waals surface area (Å²) < 4.78 is 0. The van der Waals surface area contributed by atoms with E-state index in [0.29, 0.717) is 5.92 Å². The summed E-state index contributed by atoms with van der Waals surface area (Å²) in [7, 11) is 0. The molecule has 0 fully saturated rings. The Morgan fingerprint density at radius 3 is 2.86 bits per heavy atom. The van der Waals surface area contributed by atoms with Crippen molar-refractivity contribution in [2.24, 2.45) is 11.7 Å². The summed E-state index contributed by atoms with van der Waals surface area (Å²) in [6.45, 7) is 4.11. The highest BCUT2D eigenvalue weighted by atomic mass is 32.1. The van der Waals surface area contributed by atoms with E-state index in [-0.39, 0.29) is 5.91 Å². The van der Waals surface area contributed by atoms with Gasteiger partial charge in [0.05, 0.1) is 11.7 Å². The van der Waals surface area contributed by atoms with Crippen molar-refractivity contribution in [1.29, 1.82) is 0 Å². The molecule has 0 aliphatic heterocycles. The molecule has 1 aromatic rings. The molecule has 1 rings (SSSR count). The third-order valence-corrected chi connectivity index (χ3v) is 2.53. The van der Waals surface area contributed by atoms with Crippen LogP contribution in [0, 0.1) is 5.92 Å². The van der Waals surface area contributed by atoms with Crippen LogP contribution in [0.5, 0.6) is 0 Å². The molecule has 0 aliphatic rings. The van der Waals surface area contributed by atoms with E-state index in [1.165, 1.54) is 0 Å². The van der Waals surface area contributed by atoms with Crippen molar-refractivity contribution >= 4 is 22.9 Å². The van der Waals surface area contributed by atoms with Gasteiger partial charge in [0.15, 0.2) is 0 Å². The molecule has 3 N–H and O–H groups in total. The van der Waals surface area contributed by atoms with Crippen LogP contribution in [0.3, 0.4) is 0 Å². The van der Waals surface area contributed by atoms with Gasteiger partial charge in [0.2, 0.25) is 5.91 Å². The van der Waals surface area contributed by atoms with Crippen LogP contribution in [0.2, 0.25) is 0 Å².